The minimum absolute atomic E-state index is 0.103. The fraction of sp³-hybridized carbons (Fsp3) is 0.250. The van der Waals surface area contributed by atoms with E-state index in [2.05, 4.69) is 9.71 Å². The molecule has 1 aromatic carbocycles. The van der Waals surface area contributed by atoms with E-state index in [1.54, 1.807) is 12.1 Å². The van der Waals surface area contributed by atoms with E-state index in [-0.39, 0.29) is 17.1 Å². The summed E-state index contributed by atoms with van der Waals surface area (Å²) in [6.07, 6.45) is 0. The van der Waals surface area contributed by atoms with Crippen molar-refractivity contribution >= 4 is 27.0 Å². The van der Waals surface area contributed by atoms with Gasteiger partial charge in [-0.2, -0.15) is 0 Å². The molecule has 0 aliphatic heterocycles. The van der Waals surface area contributed by atoms with Crippen LogP contribution in [0.2, 0.25) is 0 Å². The number of thiazole rings is 1. The van der Waals surface area contributed by atoms with Crippen molar-refractivity contribution in [2.24, 2.45) is 0 Å². The third-order valence-electron chi connectivity index (χ3n) is 2.53. The topological polar surface area (TPSA) is 85.1 Å². The van der Waals surface area contributed by atoms with Gasteiger partial charge in [-0.05, 0) is 31.5 Å². The summed E-state index contributed by atoms with van der Waals surface area (Å²) < 4.78 is 26.8. The van der Waals surface area contributed by atoms with E-state index in [1.807, 2.05) is 19.2 Å². The lowest BCUT2D eigenvalue weighted by molar-refractivity contribution is 0.581. The molecule has 1 aromatic heterocycles. The molecule has 0 fully saturated rings. The highest BCUT2D eigenvalue weighted by molar-refractivity contribution is 7.89. The van der Waals surface area contributed by atoms with Crippen molar-refractivity contribution in [1.82, 2.24) is 9.71 Å². The standard InChI is InChI=1S/C12H15N3O2S2/c1-8-3-4-11(10(13)5-8)19(16,17)14-6-12-15-9(2)7-18-12/h3-5,7,14H,6,13H2,1-2H3. The summed E-state index contributed by atoms with van der Waals surface area (Å²) >= 11 is 1.42. The van der Waals surface area contributed by atoms with E-state index in [9.17, 15) is 8.42 Å². The van der Waals surface area contributed by atoms with Crippen LogP contribution < -0.4 is 10.5 Å². The minimum atomic E-state index is -3.60. The van der Waals surface area contributed by atoms with Gasteiger partial charge in [-0.3, -0.25) is 0 Å². The highest BCUT2D eigenvalue weighted by atomic mass is 32.2. The van der Waals surface area contributed by atoms with Crippen LogP contribution in [0.25, 0.3) is 0 Å². The minimum Gasteiger partial charge on any atom is -0.398 e. The predicted octanol–water partition coefficient (Wildman–Crippen LogP) is 1.82. The second-order valence-corrected chi connectivity index (χ2v) is 6.93. The van der Waals surface area contributed by atoms with Crippen LogP contribution in [0.5, 0.6) is 0 Å². The number of aryl methyl sites for hydroxylation is 2. The highest BCUT2D eigenvalue weighted by Crippen LogP contribution is 2.19. The summed E-state index contributed by atoms with van der Waals surface area (Å²) in [6.45, 7) is 3.90. The van der Waals surface area contributed by atoms with Crippen LogP contribution in [-0.4, -0.2) is 13.4 Å². The fourth-order valence-electron chi connectivity index (χ4n) is 1.63. The summed E-state index contributed by atoms with van der Waals surface area (Å²) in [5, 5.41) is 2.61. The number of anilines is 1. The number of benzene rings is 1. The summed E-state index contributed by atoms with van der Waals surface area (Å²) in [4.78, 5) is 4.31. The maximum absolute atomic E-state index is 12.1. The van der Waals surface area contributed by atoms with Crippen LogP contribution in [0.15, 0.2) is 28.5 Å². The summed E-state index contributed by atoms with van der Waals surface area (Å²) in [6, 6.07) is 4.88. The maximum Gasteiger partial charge on any atom is 0.242 e. The van der Waals surface area contributed by atoms with Crippen molar-refractivity contribution in [1.29, 1.82) is 0 Å². The first-order valence-electron chi connectivity index (χ1n) is 5.65. The summed E-state index contributed by atoms with van der Waals surface area (Å²) in [5.74, 6) is 0. The third kappa shape index (κ3) is 3.31. The molecule has 0 atom stereocenters. The Morgan fingerprint density at radius 3 is 2.68 bits per heavy atom. The zero-order valence-corrected chi connectivity index (χ0v) is 12.3. The molecule has 19 heavy (non-hydrogen) atoms. The molecule has 102 valence electrons. The lowest BCUT2D eigenvalue weighted by Crippen LogP contribution is -2.24. The molecule has 1 heterocycles. The van der Waals surface area contributed by atoms with Crippen molar-refractivity contribution in [2.45, 2.75) is 25.3 Å². The number of hydrogen-bond acceptors (Lipinski definition) is 5. The Labute approximate surface area is 116 Å². The van der Waals surface area contributed by atoms with Gasteiger partial charge in [-0.15, -0.1) is 11.3 Å². The first kappa shape index (κ1) is 14.0. The Morgan fingerprint density at radius 2 is 2.11 bits per heavy atom. The smallest absolute Gasteiger partial charge is 0.242 e. The Kier molecular flexibility index (Phi) is 3.88. The summed E-state index contributed by atoms with van der Waals surface area (Å²) in [5.41, 5.74) is 7.81. The normalized spacial score (nSPS) is 11.7. The SMILES string of the molecule is Cc1ccc(S(=O)(=O)NCc2nc(C)cs2)c(N)c1. The number of sulfonamides is 1. The van der Waals surface area contributed by atoms with E-state index in [1.165, 1.54) is 17.4 Å². The Hall–Kier alpha value is -1.44. The first-order chi connectivity index (χ1) is 8.88. The number of nitrogens with two attached hydrogens (primary N) is 1. The second-order valence-electron chi connectivity index (χ2n) is 4.25. The molecule has 0 aliphatic carbocycles. The fourth-order valence-corrected chi connectivity index (χ4v) is 3.53. The van der Waals surface area contributed by atoms with Crippen LogP contribution in [-0.2, 0) is 16.6 Å². The van der Waals surface area contributed by atoms with Crippen LogP contribution >= 0.6 is 11.3 Å². The van der Waals surface area contributed by atoms with Gasteiger partial charge in [0.05, 0.1) is 12.2 Å². The van der Waals surface area contributed by atoms with Gasteiger partial charge < -0.3 is 5.73 Å². The van der Waals surface area contributed by atoms with Gasteiger partial charge in [0.1, 0.15) is 9.90 Å². The number of nitrogens with zero attached hydrogens (tertiary/aromatic N) is 1. The lowest BCUT2D eigenvalue weighted by atomic mass is 10.2. The zero-order valence-electron chi connectivity index (χ0n) is 10.7. The lowest BCUT2D eigenvalue weighted by Gasteiger charge is -2.08. The molecule has 2 aromatic rings. The molecule has 0 spiro atoms. The molecule has 0 aliphatic rings. The van der Waals surface area contributed by atoms with E-state index in [4.69, 9.17) is 5.73 Å². The van der Waals surface area contributed by atoms with E-state index in [0.29, 0.717) is 0 Å². The Balaban J connectivity index is 2.18. The van der Waals surface area contributed by atoms with Crippen molar-refractivity contribution < 1.29 is 8.42 Å². The van der Waals surface area contributed by atoms with E-state index < -0.39 is 10.0 Å². The first-order valence-corrected chi connectivity index (χ1v) is 8.01. The van der Waals surface area contributed by atoms with Gasteiger partial charge in [0, 0.05) is 11.1 Å². The quantitative estimate of drug-likeness (QED) is 0.843. The van der Waals surface area contributed by atoms with Gasteiger partial charge in [0.2, 0.25) is 10.0 Å². The van der Waals surface area contributed by atoms with Crippen LogP contribution in [0.3, 0.4) is 0 Å². The number of aromatic nitrogens is 1. The van der Waals surface area contributed by atoms with Crippen LogP contribution in [0.1, 0.15) is 16.3 Å². The molecule has 3 N–H and O–H groups in total. The monoisotopic (exact) mass is 297 g/mol. The summed E-state index contributed by atoms with van der Waals surface area (Å²) in [7, 11) is -3.60. The van der Waals surface area contributed by atoms with Crippen molar-refractivity contribution in [3.63, 3.8) is 0 Å². The van der Waals surface area contributed by atoms with Gasteiger partial charge >= 0.3 is 0 Å². The van der Waals surface area contributed by atoms with E-state index >= 15 is 0 Å². The van der Waals surface area contributed by atoms with Crippen LogP contribution in [0.4, 0.5) is 5.69 Å². The highest BCUT2D eigenvalue weighted by Gasteiger charge is 2.17. The number of hydrogen-bond donors (Lipinski definition) is 2. The molecule has 0 saturated carbocycles. The number of rotatable bonds is 4. The Bertz CT molecular complexity index is 693. The van der Waals surface area contributed by atoms with Gasteiger partial charge in [0.15, 0.2) is 0 Å². The number of nitrogens with one attached hydrogen (secondary N) is 1. The zero-order chi connectivity index (χ0) is 14.0. The van der Waals surface area contributed by atoms with Crippen molar-refractivity contribution in [3.8, 4) is 0 Å². The number of nitrogen functional groups attached to an aromatic ring is 1. The molecule has 2 rings (SSSR count). The average Bonchev–Trinajstić information content (AvgIpc) is 2.72. The molecule has 7 heteroatoms. The van der Waals surface area contributed by atoms with Gasteiger partial charge in [0.25, 0.3) is 0 Å². The largest absolute Gasteiger partial charge is 0.398 e. The molecule has 0 amide bonds. The molecule has 5 nitrogen and oxygen atoms in total. The molecular formula is C12H15N3O2S2. The molecule has 0 bridgehead atoms. The van der Waals surface area contributed by atoms with Crippen molar-refractivity contribution in [2.75, 3.05) is 5.73 Å². The molecule has 0 saturated heterocycles. The third-order valence-corrected chi connectivity index (χ3v) is 4.98. The molecule has 0 unspecified atom stereocenters. The van der Waals surface area contributed by atoms with Crippen molar-refractivity contribution in [3.05, 3.63) is 39.8 Å². The van der Waals surface area contributed by atoms with Crippen LogP contribution in [0, 0.1) is 13.8 Å². The second kappa shape index (κ2) is 5.28. The van der Waals surface area contributed by atoms with E-state index in [0.717, 1.165) is 16.3 Å². The average molecular weight is 297 g/mol. The van der Waals surface area contributed by atoms with Gasteiger partial charge in [-0.1, -0.05) is 6.07 Å². The molecule has 0 radical (unpaired) electrons. The maximum atomic E-state index is 12.1. The Morgan fingerprint density at radius 1 is 1.37 bits per heavy atom. The predicted molar refractivity (Wildman–Crippen MR) is 76.5 cm³/mol. The molecular weight excluding hydrogens is 282 g/mol. The van der Waals surface area contributed by atoms with Gasteiger partial charge in [-0.25, -0.2) is 18.1 Å².